The van der Waals surface area contributed by atoms with Gasteiger partial charge < -0.3 is 4.74 Å². The first kappa shape index (κ1) is 23.7. The lowest BCUT2D eigenvalue weighted by Gasteiger charge is -2.46. The average Bonchev–Trinajstić information content (AvgIpc) is 3.06. The van der Waals surface area contributed by atoms with E-state index in [-0.39, 0.29) is 26.5 Å². The Balaban J connectivity index is 2.61. The molecule has 1 aromatic heterocycles. The monoisotopic (exact) mass is 453 g/mol. The molecular formula is C17H31N3O5S3. The maximum atomic E-state index is 13.2. The Morgan fingerprint density at radius 1 is 1.39 bits per heavy atom. The molecule has 0 fully saturated rings. The summed E-state index contributed by atoms with van der Waals surface area (Å²) in [6.07, 6.45) is 1.43. The molecule has 2 rings (SSSR count). The topological polar surface area (TPSA) is 110 Å². The molecule has 1 aromatic rings. The van der Waals surface area contributed by atoms with Crippen LogP contribution < -0.4 is 5.14 Å². The molecule has 1 atom stereocenters. The van der Waals surface area contributed by atoms with Gasteiger partial charge in [0.25, 0.3) is 10.0 Å². The van der Waals surface area contributed by atoms with Gasteiger partial charge in [0, 0.05) is 37.9 Å². The highest BCUT2D eigenvalue weighted by molar-refractivity contribution is 7.94. The van der Waals surface area contributed by atoms with Crippen LogP contribution >= 0.6 is 11.3 Å². The molecule has 2 heterocycles. The molecule has 0 bridgehead atoms. The van der Waals surface area contributed by atoms with E-state index < -0.39 is 20.0 Å². The van der Waals surface area contributed by atoms with Gasteiger partial charge in [0.05, 0.1) is 6.04 Å². The number of sulfonamides is 2. The highest BCUT2D eigenvalue weighted by atomic mass is 32.3. The van der Waals surface area contributed by atoms with Crippen LogP contribution in [0.2, 0.25) is 0 Å². The largest absolute Gasteiger partial charge is 0.385 e. The van der Waals surface area contributed by atoms with Crippen LogP contribution in [-0.4, -0.2) is 64.9 Å². The zero-order chi connectivity index (χ0) is 21.3. The highest BCUT2D eigenvalue weighted by Crippen LogP contribution is 2.44. The van der Waals surface area contributed by atoms with Crippen molar-refractivity contribution in [2.45, 2.75) is 60.5 Å². The van der Waals surface area contributed by atoms with E-state index in [1.807, 2.05) is 6.92 Å². The molecule has 0 saturated carbocycles. The maximum Gasteiger partial charge on any atom is 0.252 e. The van der Waals surface area contributed by atoms with E-state index in [0.29, 0.717) is 31.7 Å². The summed E-state index contributed by atoms with van der Waals surface area (Å²) in [5.41, 5.74) is 0.347. The zero-order valence-electron chi connectivity index (χ0n) is 17.1. The van der Waals surface area contributed by atoms with Crippen LogP contribution in [0.5, 0.6) is 0 Å². The molecular weight excluding hydrogens is 422 g/mol. The minimum Gasteiger partial charge on any atom is -0.385 e. The first-order valence-electron chi connectivity index (χ1n) is 9.32. The first-order chi connectivity index (χ1) is 12.9. The number of likely N-dealkylation sites (N-methyl/N-ethyl adjacent to an activating group) is 1. The Hall–Kier alpha value is -0.560. The van der Waals surface area contributed by atoms with Gasteiger partial charge in [-0.25, -0.2) is 22.0 Å². The number of hydrogen-bond donors (Lipinski definition) is 1. The molecule has 28 heavy (non-hydrogen) atoms. The predicted octanol–water partition coefficient (Wildman–Crippen LogP) is 1.99. The molecule has 0 aliphatic carbocycles. The SMILES string of the molecule is CCN([C@H]1CN(CCCOC)S(=O)(=O)c2sc(S(N)(=O)=O)cc21)C(C)(C)CC. The molecule has 1 aliphatic rings. The molecule has 0 amide bonds. The number of ether oxygens (including phenoxy) is 1. The van der Waals surface area contributed by atoms with Crippen molar-refractivity contribution in [1.82, 2.24) is 9.21 Å². The van der Waals surface area contributed by atoms with Crippen molar-refractivity contribution < 1.29 is 21.6 Å². The molecule has 0 radical (unpaired) electrons. The lowest BCUT2D eigenvalue weighted by molar-refractivity contribution is 0.0553. The summed E-state index contributed by atoms with van der Waals surface area (Å²) in [6.45, 7) is 10.1. The third kappa shape index (κ3) is 4.61. The fraction of sp³-hybridized carbons (Fsp3) is 0.765. The van der Waals surface area contributed by atoms with E-state index in [0.717, 1.165) is 17.8 Å². The Morgan fingerprint density at radius 2 is 2.04 bits per heavy atom. The minimum atomic E-state index is -3.99. The van der Waals surface area contributed by atoms with Crippen LogP contribution in [-0.2, 0) is 24.8 Å². The van der Waals surface area contributed by atoms with Crippen LogP contribution in [0, 0.1) is 0 Å². The number of rotatable bonds is 9. The Bertz CT molecular complexity index is 893. The quantitative estimate of drug-likeness (QED) is 0.573. The smallest absolute Gasteiger partial charge is 0.252 e. The van der Waals surface area contributed by atoms with Gasteiger partial charge in [0.1, 0.15) is 8.42 Å². The minimum absolute atomic E-state index is 0.0792. The molecule has 162 valence electrons. The van der Waals surface area contributed by atoms with Gasteiger partial charge in [-0.2, -0.15) is 4.31 Å². The van der Waals surface area contributed by atoms with Gasteiger partial charge in [-0.15, -0.1) is 11.3 Å². The molecule has 0 spiro atoms. The van der Waals surface area contributed by atoms with Crippen molar-refractivity contribution in [2.75, 3.05) is 33.4 Å². The van der Waals surface area contributed by atoms with Crippen molar-refractivity contribution in [1.29, 1.82) is 0 Å². The third-order valence-corrected chi connectivity index (χ3v) is 10.4. The molecule has 0 unspecified atom stereocenters. The predicted molar refractivity (Wildman–Crippen MR) is 110 cm³/mol. The van der Waals surface area contributed by atoms with Crippen molar-refractivity contribution in [3.63, 3.8) is 0 Å². The number of thiophene rings is 1. The summed E-state index contributed by atoms with van der Waals surface area (Å²) in [5, 5.41) is 5.30. The van der Waals surface area contributed by atoms with E-state index in [9.17, 15) is 16.8 Å². The second-order valence-electron chi connectivity index (χ2n) is 7.53. The van der Waals surface area contributed by atoms with E-state index in [4.69, 9.17) is 9.88 Å². The Kier molecular flexibility index (Phi) is 7.34. The van der Waals surface area contributed by atoms with Gasteiger partial charge in [-0.3, -0.25) is 4.90 Å². The van der Waals surface area contributed by atoms with E-state index >= 15 is 0 Å². The van der Waals surface area contributed by atoms with Crippen LogP contribution in [0.4, 0.5) is 0 Å². The zero-order valence-corrected chi connectivity index (χ0v) is 19.6. The number of hydrogen-bond acceptors (Lipinski definition) is 7. The lowest BCUT2D eigenvalue weighted by Crippen LogP contribution is -2.52. The number of nitrogens with two attached hydrogens (primary N) is 1. The number of fused-ring (bicyclic) bond motifs is 1. The molecule has 0 saturated heterocycles. The van der Waals surface area contributed by atoms with Crippen LogP contribution in [0.1, 0.15) is 52.1 Å². The second kappa shape index (κ2) is 8.66. The van der Waals surface area contributed by atoms with E-state index in [1.54, 1.807) is 7.11 Å². The van der Waals surface area contributed by atoms with Crippen LogP contribution in [0.25, 0.3) is 0 Å². The molecule has 2 N–H and O–H groups in total. The highest BCUT2D eigenvalue weighted by Gasteiger charge is 2.44. The van der Waals surface area contributed by atoms with E-state index in [2.05, 4.69) is 25.7 Å². The molecule has 11 heteroatoms. The Labute approximate surface area is 172 Å². The average molecular weight is 454 g/mol. The maximum absolute atomic E-state index is 13.2. The second-order valence-corrected chi connectivity index (χ2v) is 12.5. The molecule has 1 aliphatic heterocycles. The van der Waals surface area contributed by atoms with Gasteiger partial charge in [0.2, 0.25) is 10.0 Å². The standard InChI is InChI=1S/C17H31N3O5S3/c1-6-17(3,4)20(7-2)14-12-19(9-8-10-25-5)28(23,24)16-13(14)11-15(26-16)27(18,21)22/h11,14H,6-10,12H2,1-5H3,(H2,18,21,22)/t14-/m0/s1. The summed E-state index contributed by atoms with van der Waals surface area (Å²) in [4.78, 5) is 2.24. The van der Waals surface area contributed by atoms with Crippen LogP contribution in [0.3, 0.4) is 0 Å². The summed E-state index contributed by atoms with van der Waals surface area (Å²) < 4.78 is 56.6. The van der Waals surface area contributed by atoms with Gasteiger partial charge >= 0.3 is 0 Å². The normalized spacial score (nSPS) is 20.5. The number of primary sulfonamides is 1. The van der Waals surface area contributed by atoms with Crippen molar-refractivity contribution in [2.24, 2.45) is 5.14 Å². The summed E-state index contributed by atoms with van der Waals surface area (Å²) in [6, 6.07) is 1.20. The summed E-state index contributed by atoms with van der Waals surface area (Å²) in [7, 11) is -6.19. The van der Waals surface area contributed by atoms with Crippen molar-refractivity contribution >= 4 is 31.4 Å². The molecule has 8 nitrogen and oxygen atoms in total. The lowest BCUT2D eigenvalue weighted by atomic mass is 9.94. The van der Waals surface area contributed by atoms with Gasteiger partial charge in [0.15, 0.2) is 0 Å². The number of methoxy groups -OCH3 is 1. The van der Waals surface area contributed by atoms with Crippen molar-refractivity contribution in [3.05, 3.63) is 11.6 Å². The van der Waals surface area contributed by atoms with E-state index in [1.165, 1.54) is 10.4 Å². The Morgan fingerprint density at radius 3 is 2.54 bits per heavy atom. The third-order valence-electron chi connectivity index (χ3n) is 5.41. The van der Waals surface area contributed by atoms with Crippen LogP contribution in [0.15, 0.2) is 14.5 Å². The number of nitrogens with zero attached hydrogens (tertiary/aromatic N) is 2. The van der Waals surface area contributed by atoms with Gasteiger partial charge in [-0.05, 0) is 39.3 Å². The fourth-order valence-electron chi connectivity index (χ4n) is 3.58. The first-order valence-corrected chi connectivity index (χ1v) is 13.1. The fourth-order valence-corrected chi connectivity index (χ4v) is 7.87. The van der Waals surface area contributed by atoms with Gasteiger partial charge in [-0.1, -0.05) is 13.8 Å². The summed E-state index contributed by atoms with van der Waals surface area (Å²) in [5.74, 6) is 0. The van der Waals surface area contributed by atoms with Crippen molar-refractivity contribution in [3.8, 4) is 0 Å². The summed E-state index contributed by atoms with van der Waals surface area (Å²) >= 11 is 0.742. The molecule has 0 aromatic carbocycles.